The third kappa shape index (κ3) is 3.43. The van der Waals surface area contributed by atoms with Crippen molar-refractivity contribution in [3.05, 3.63) is 106 Å². The predicted octanol–water partition coefficient (Wildman–Crippen LogP) is 4.03. The number of nitrogens with zero attached hydrogens (tertiary/aromatic N) is 2. The topological polar surface area (TPSA) is 46.9 Å². The van der Waals surface area contributed by atoms with E-state index in [9.17, 15) is 4.79 Å². The zero-order chi connectivity index (χ0) is 19.5. The number of benzene rings is 3. The van der Waals surface area contributed by atoms with Gasteiger partial charge in [-0.05, 0) is 42.7 Å². The zero-order valence-corrected chi connectivity index (χ0v) is 15.7. The van der Waals surface area contributed by atoms with Gasteiger partial charge in [0.2, 0.25) is 7.98 Å². The number of fused-ring (bicyclic) bond motifs is 1. The second-order valence-corrected chi connectivity index (χ2v) is 6.83. The molecule has 0 aliphatic carbocycles. The summed E-state index contributed by atoms with van der Waals surface area (Å²) >= 11 is 0. The van der Waals surface area contributed by atoms with Crippen LogP contribution in [0, 0.1) is 6.92 Å². The van der Waals surface area contributed by atoms with Crippen LogP contribution in [0.4, 0.5) is 5.69 Å². The lowest BCUT2D eigenvalue weighted by molar-refractivity contribution is 0.541. The van der Waals surface area contributed by atoms with Crippen LogP contribution in [-0.2, 0) is 6.42 Å². The second-order valence-electron chi connectivity index (χ2n) is 6.83. The first-order chi connectivity index (χ1) is 13.7. The first kappa shape index (κ1) is 18.0. The first-order valence-electron chi connectivity index (χ1n) is 9.26. The maximum absolute atomic E-state index is 13.5. The van der Waals surface area contributed by atoms with Gasteiger partial charge in [-0.1, -0.05) is 60.7 Å². The monoisotopic (exact) mass is 365 g/mol. The van der Waals surface area contributed by atoms with Crippen molar-refractivity contribution in [1.82, 2.24) is 9.55 Å². The van der Waals surface area contributed by atoms with E-state index in [2.05, 4.69) is 29.5 Å². The van der Waals surface area contributed by atoms with Crippen LogP contribution >= 0.6 is 0 Å². The highest BCUT2D eigenvalue weighted by Crippen LogP contribution is 2.24. The minimum Gasteiger partial charge on any atom is -0.437 e. The fourth-order valence-electron chi connectivity index (χ4n) is 3.64. The van der Waals surface area contributed by atoms with E-state index in [-0.39, 0.29) is 11.6 Å². The standard InChI is InChI=1S/C23H20BN3O/c1-16-25-21-13-12-19(26-24)15-20(21)23(28)27(16)22(18-10-6-3-7-11-18)14-17-8-4-2-5-9-17/h2-13,15,22,26H,14H2,1H3. The Morgan fingerprint density at radius 1 is 1.00 bits per heavy atom. The maximum Gasteiger partial charge on any atom is 0.262 e. The van der Waals surface area contributed by atoms with Crippen molar-refractivity contribution in [1.29, 1.82) is 0 Å². The molecule has 136 valence electrons. The Hall–Kier alpha value is -3.34. The van der Waals surface area contributed by atoms with E-state index >= 15 is 0 Å². The van der Waals surface area contributed by atoms with Crippen LogP contribution in [0.2, 0.25) is 0 Å². The molecule has 0 aliphatic rings. The number of rotatable bonds is 5. The molecule has 0 saturated heterocycles. The van der Waals surface area contributed by atoms with Gasteiger partial charge in [0.1, 0.15) is 5.82 Å². The molecule has 0 saturated carbocycles. The lowest BCUT2D eigenvalue weighted by Gasteiger charge is -2.23. The second kappa shape index (κ2) is 7.73. The van der Waals surface area contributed by atoms with Crippen molar-refractivity contribution < 1.29 is 0 Å². The van der Waals surface area contributed by atoms with Crippen LogP contribution < -0.4 is 10.8 Å². The smallest absolute Gasteiger partial charge is 0.262 e. The zero-order valence-electron chi connectivity index (χ0n) is 15.7. The van der Waals surface area contributed by atoms with Gasteiger partial charge in [0.25, 0.3) is 5.56 Å². The van der Waals surface area contributed by atoms with Crippen molar-refractivity contribution >= 4 is 24.6 Å². The molecular formula is C23H20BN3O. The van der Waals surface area contributed by atoms with Crippen LogP contribution in [-0.4, -0.2) is 17.5 Å². The summed E-state index contributed by atoms with van der Waals surface area (Å²) in [4.78, 5) is 18.2. The molecule has 1 aromatic heterocycles. The van der Waals surface area contributed by atoms with E-state index in [0.29, 0.717) is 28.8 Å². The summed E-state index contributed by atoms with van der Waals surface area (Å²) in [6, 6.07) is 25.5. The molecule has 4 aromatic rings. The molecule has 4 nitrogen and oxygen atoms in total. The first-order valence-corrected chi connectivity index (χ1v) is 9.26. The molecule has 5 heteroatoms. The Bertz CT molecular complexity index is 1160. The minimum absolute atomic E-state index is 0.0654. The van der Waals surface area contributed by atoms with Crippen LogP contribution in [0.3, 0.4) is 0 Å². The van der Waals surface area contributed by atoms with E-state index in [1.165, 1.54) is 5.56 Å². The van der Waals surface area contributed by atoms with Crippen molar-refractivity contribution in [2.24, 2.45) is 0 Å². The third-order valence-corrected chi connectivity index (χ3v) is 5.01. The predicted molar refractivity (Wildman–Crippen MR) is 115 cm³/mol. The molecule has 0 amide bonds. The van der Waals surface area contributed by atoms with Crippen molar-refractivity contribution in [3.63, 3.8) is 0 Å². The largest absolute Gasteiger partial charge is 0.437 e. The summed E-state index contributed by atoms with van der Waals surface area (Å²) < 4.78 is 1.80. The lowest BCUT2D eigenvalue weighted by atomic mass is 9.98. The lowest BCUT2D eigenvalue weighted by Crippen LogP contribution is -2.30. The Kier molecular flexibility index (Phi) is 4.98. The fraction of sp³-hybridized carbons (Fsp3) is 0.130. The van der Waals surface area contributed by atoms with E-state index in [1.807, 2.05) is 55.5 Å². The van der Waals surface area contributed by atoms with Gasteiger partial charge in [-0.25, -0.2) is 4.98 Å². The third-order valence-electron chi connectivity index (χ3n) is 5.01. The van der Waals surface area contributed by atoms with Crippen molar-refractivity contribution in [2.75, 3.05) is 5.23 Å². The highest BCUT2D eigenvalue weighted by atomic mass is 16.1. The van der Waals surface area contributed by atoms with E-state index in [1.54, 1.807) is 10.6 Å². The summed E-state index contributed by atoms with van der Waals surface area (Å²) in [5.41, 5.74) is 3.53. The molecule has 0 spiro atoms. The number of anilines is 1. The van der Waals surface area contributed by atoms with Crippen LogP contribution in [0.15, 0.2) is 83.7 Å². The van der Waals surface area contributed by atoms with Crippen LogP contribution in [0.1, 0.15) is 23.0 Å². The molecule has 1 atom stereocenters. The Morgan fingerprint density at radius 3 is 2.36 bits per heavy atom. The molecule has 4 rings (SSSR count). The van der Waals surface area contributed by atoms with Gasteiger partial charge >= 0.3 is 0 Å². The highest BCUT2D eigenvalue weighted by molar-refractivity contribution is 6.16. The molecule has 0 aliphatic heterocycles. The summed E-state index contributed by atoms with van der Waals surface area (Å²) in [6.45, 7) is 1.89. The average Bonchev–Trinajstić information content (AvgIpc) is 2.74. The normalized spacial score (nSPS) is 12.0. The number of hydrogen-bond acceptors (Lipinski definition) is 3. The Balaban J connectivity index is 1.92. The van der Waals surface area contributed by atoms with E-state index < -0.39 is 0 Å². The van der Waals surface area contributed by atoms with Crippen molar-refractivity contribution in [3.8, 4) is 0 Å². The quantitative estimate of drug-likeness (QED) is 0.543. The van der Waals surface area contributed by atoms with Gasteiger partial charge in [-0.2, -0.15) is 0 Å². The number of aryl methyl sites for hydroxylation is 1. The summed E-state index contributed by atoms with van der Waals surface area (Å²) in [6.07, 6.45) is 0.702. The van der Waals surface area contributed by atoms with E-state index in [4.69, 9.17) is 13.0 Å². The minimum atomic E-state index is -0.150. The highest BCUT2D eigenvalue weighted by Gasteiger charge is 2.20. The van der Waals surface area contributed by atoms with Crippen LogP contribution in [0.5, 0.6) is 0 Å². The van der Waals surface area contributed by atoms with Gasteiger partial charge in [-0.15, -0.1) is 0 Å². The Labute approximate surface area is 165 Å². The summed E-state index contributed by atoms with van der Waals surface area (Å²) in [5.74, 6) is 0.691. The molecule has 28 heavy (non-hydrogen) atoms. The summed E-state index contributed by atoms with van der Waals surface area (Å²) in [7, 11) is 5.53. The molecule has 1 heterocycles. The molecule has 2 radical (unpaired) electrons. The number of nitrogens with one attached hydrogen (secondary N) is 1. The van der Waals surface area contributed by atoms with Gasteiger partial charge in [0.15, 0.2) is 0 Å². The SMILES string of the molecule is [B]Nc1ccc2nc(C)n(C(Cc3ccccc3)c3ccccc3)c(=O)c2c1. The van der Waals surface area contributed by atoms with Gasteiger partial charge in [-0.3, -0.25) is 9.36 Å². The van der Waals surface area contributed by atoms with Gasteiger partial charge in [0, 0.05) is 5.69 Å². The number of aromatic nitrogens is 2. The molecule has 0 fully saturated rings. The average molecular weight is 365 g/mol. The molecular weight excluding hydrogens is 345 g/mol. The van der Waals surface area contributed by atoms with E-state index in [0.717, 1.165) is 5.56 Å². The summed E-state index contributed by atoms with van der Waals surface area (Å²) in [5, 5.41) is 3.16. The Morgan fingerprint density at radius 2 is 1.68 bits per heavy atom. The molecule has 3 aromatic carbocycles. The van der Waals surface area contributed by atoms with Crippen molar-refractivity contribution in [2.45, 2.75) is 19.4 Å². The molecule has 0 bridgehead atoms. The molecule has 1 unspecified atom stereocenters. The maximum atomic E-state index is 13.5. The van der Waals surface area contributed by atoms with Gasteiger partial charge < -0.3 is 5.23 Å². The van der Waals surface area contributed by atoms with Gasteiger partial charge in [0.05, 0.1) is 16.9 Å². The number of hydrogen-bond donors (Lipinski definition) is 1. The fourth-order valence-corrected chi connectivity index (χ4v) is 3.64. The molecule has 1 N–H and O–H groups in total. The van der Waals surface area contributed by atoms with Crippen LogP contribution in [0.25, 0.3) is 10.9 Å².